The summed E-state index contributed by atoms with van der Waals surface area (Å²) in [5.41, 5.74) is 0. The number of hydrogen-bond donors (Lipinski definition) is 1. The average Bonchev–Trinajstić information content (AvgIpc) is 2.59. The van der Waals surface area contributed by atoms with Crippen LogP contribution in [0.3, 0.4) is 0 Å². The third kappa shape index (κ3) is 4.91. The number of sulfonamides is 1. The number of piperidine rings is 1. The van der Waals surface area contributed by atoms with E-state index in [1.807, 2.05) is 7.05 Å². The van der Waals surface area contributed by atoms with Crippen LogP contribution in [0, 0.1) is 5.82 Å². The zero-order chi connectivity index (χ0) is 17.9. The molecule has 2 heterocycles. The molecule has 0 unspecified atom stereocenters. The first kappa shape index (κ1) is 18.6. The molecule has 0 radical (unpaired) electrons. The van der Waals surface area contributed by atoms with Gasteiger partial charge in [-0.1, -0.05) is 0 Å². The van der Waals surface area contributed by atoms with E-state index in [9.17, 15) is 12.8 Å². The van der Waals surface area contributed by atoms with Gasteiger partial charge in [-0.3, -0.25) is 0 Å². The van der Waals surface area contributed by atoms with Crippen LogP contribution in [0.25, 0.3) is 0 Å². The lowest BCUT2D eigenvalue weighted by atomic mass is 10.1. The third-order valence-electron chi connectivity index (χ3n) is 4.72. The SMILES string of the molecule is CN1CCC(NS(=O)(=O)c2ccc(OC3CCOCC3)c(F)c2)CC1. The second-order valence-corrected chi connectivity index (χ2v) is 8.43. The van der Waals surface area contributed by atoms with Crippen LogP contribution in [0.2, 0.25) is 0 Å². The Bertz CT molecular complexity index is 684. The van der Waals surface area contributed by atoms with Gasteiger partial charge in [0.2, 0.25) is 10.0 Å². The average molecular weight is 372 g/mol. The molecular weight excluding hydrogens is 347 g/mol. The molecule has 25 heavy (non-hydrogen) atoms. The highest BCUT2D eigenvalue weighted by Crippen LogP contribution is 2.25. The highest BCUT2D eigenvalue weighted by molar-refractivity contribution is 7.89. The molecule has 0 amide bonds. The first-order valence-electron chi connectivity index (χ1n) is 8.69. The van der Waals surface area contributed by atoms with Crippen molar-refractivity contribution in [1.82, 2.24) is 9.62 Å². The Balaban J connectivity index is 1.66. The lowest BCUT2D eigenvalue weighted by molar-refractivity contribution is 0.0240. The predicted octanol–water partition coefficient (Wildman–Crippen LogP) is 1.76. The number of nitrogens with zero attached hydrogens (tertiary/aromatic N) is 1. The molecule has 0 saturated carbocycles. The Morgan fingerprint density at radius 2 is 1.88 bits per heavy atom. The van der Waals surface area contributed by atoms with Crippen molar-refractivity contribution < 1.29 is 22.3 Å². The fourth-order valence-electron chi connectivity index (χ4n) is 3.13. The smallest absolute Gasteiger partial charge is 0.240 e. The molecule has 1 aromatic rings. The largest absolute Gasteiger partial charge is 0.487 e. The Hall–Kier alpha value is -1.22. The Morgan fingerprint density at radius 1 is 1.20 bits per heavy atom. The summed E-state index contributed by atoms with van der Waals surface area (Å²) >= 11 is 0. The van der Waals surface area contributed by atoms with Crippen molar-refractivity contribution in [2.75, 3.05) is 33.4 Å². The number of nitrogens with one attached hydrogen (secondary N) is 1. The summed E-state index contributed by atoms with van der Waals surface area (Å²) in [5.74, 6) is -0.567. The monoisotopic (exact) mass is 372 g/mol. The van der Waals surface area contributed by atoms with Crippen molar-refractivity contribution in [3.05, 3.63) is 24.0 Å². The van der Waals surface area contributed by atoms with Crippen LogP contribution in [0.5, 0.6) is 5.75 Å². The fraction of sp³-hybridized carbons (Fsp3) is 0.647. The van der Waals surface area contributed by atoms with Crippen molar-refractivity contribution >= 4 is 10.0 Å². The summed E-state index contributed by atoms with van der Waals surface area (Å²) in [6.07, 6.45) is 2.82. The van der Waals surface area contributed by atoms with Gasteiger partial charge in [0.1, 0.15) is 6.10 Å². The van der Waals surface area contributed by atoms with Crippen LogP contribution in [0.15, 0.2) is 23.1 Å². The molecule has 0 bridgehead atoms. The normalized spacial score (nSPS) is 21.4. The van der Waals surface area contributed by atoms with Gasteiger partial charge in [0.25, 0.3) is 0 Å². The Morgan fingerprint density at radius 3 is 2.52 bits per heavy atom. The minimum atomic E-state index is -3.73. The van der Waals surface area contributed by atoms with Crippen molar-refractivity contribution in [2.24, 2.45) is 0 Å². The van der Waals surface area contributed by atoms with E-state index >= 15 is 0 Å². The maximum atomic E-state index is 14.3. The summed E-state index contributed by atoms with van der Waals surface area (Å²) < 4.78 is 52.9. The van der Waals surface area contributed by atoms with Crippen LogP contribution in [-0.2, 0) is 14.8 Å². The molecule has 2 fully saturated rings. The number of halogens is 1. The van der Waals surface area contributed by atoms with Gasteiger partial charge >= 0.3 is 0 Å². The number of rotatable bonds is 5. The second kappa shape index (κ2) is 7.99. The molecule has 2 aliphatic heterocycles. The minimum absolute atomic E-state index is 0.0664. The second-order valence-electron chi connectivity index (χ2n) is 6.72. The summed E-state index contributed by atoms with van der Waals surface area (Å²) in [7, 11) is -1.72. The molecule has 6 nitrogen and oxygen atoms in total. The topological polar surface area (TPSA) is 67.9 Å². The van der Waals surface area contributed by atoms with E-state index in [2.05, 4.69) is 9.62 Å². The Kier molecular flexibility index (Phi) is 5.93. The van der Waals surface area contributed by atoms with E-state index in [-0.39, 0.29) is 22.8 Å². The number of ether oxygens (including phenoxy) is 2. The third-order valence-corrected chi connectivity index (χ3v) is 6.23. The van der Waals surface area contributed by atoms with Gasteiger partial charge in [-0.2, -0.15) is 0 Å². The molecule has 0 atom stereocenters. The first-order valence-corrected chi connectivity index (χ1v) is 10.2. The van der Waals surface area contributed by atoms with Crippen LogP contribution < -0.4 is 9.46 Å². The van der Waals surface area contributed by atoms with Gasteiger partial charge < -0.3 is 14.4 Å². The zero-order valence-electron chi connectivity index (χ0n) is 14.4. The maximum absolute atomic E-state index is 14.3. The highest BCUT2D eigenvalue weighted by Gasteiger charge is 2.25. The Labute approximate surface area is 148 Å². The summed E-state index contributed by atoms with van der Waals surface area (Å²) in [5, 5.41) is 0. The van der Waals surface area contributed by atoms with E-state index in [0.717, 1.165) is 32.0 Å². The van der Waals surface area contributed by atoms with Crippen LogP contribution in [-0.4, -0.2) is 58.8 Å². The standard InChI is InChI=1S/C17H25FN2O4S/c1-20-8-4-13(5-9-20)19-25(21,22)15-2-3-17(16(18)12-15)24-14-6-10-23-11-7-14/h2-3,12-14,19H,4-11H2,1H3. The van der Waals surface area contributed by atoms with Crippen molar-refractivity contribution in [1.29, 1.82) is 0 Å². The molecule has 1 aromatic carbocycles. The highest BCUT2D eigenvalue weighted by atomic mass is 32.2. The van der Waals surface area contributed by atoms with E-state index in [1.165, 1.54) is 12.1 Å². The molecule has 0 aromatic heterocycles. The van der Waals surface area contributed by atoms with Crippen molar-refractivity contribution in [3.8, 4) is 5.75 Å². The van der Waals surface area contributed by atoms with E-state index in [4.69, 9.17) is 9.47 Å². The molecule has 140 valence electrons. The van der Waals surface area contributed by atoms with Crippen LogP contribution >= 0.6 is 0 Å². The number of likely N-dealkylation sites (tertiary alicyclic amines) is 1. The quantitative estimate of drug-likeness (QED) is 0.853. The number of benzene rings is 1. The lowest BCUT2D eigenvalue weighted by Gasteiger charge is -2.29. The molecule has 3 rings (SSSR count). The van der Waals surface area contributed by atoms with Crippen LogP contribution in [0.4, 0.5) is 4.39 Å². The maximum Gasteiger partial charge on any atom is 0.240 e. The predicted molar refractivity (Wildman–Crippen MR) is 91.7 cm³/mol. The van der Waals surface area contributed by atoms with E-state index < -0.39 is 15.8 Å². The van der Waals surface area contributed by atoms with Crippen molar-refractivity contribution in [2.45, 2.75) is 42.7 Å². The van der Waals surface area contributed by atoms with Gasteiger partial charge in [-0.05, 0) is 51.2 Å². The van der Waals surface area contributed by atoms with Gasteiger partial charge in [0.05, 0.1) is 18.1 Å². The van der Waals surface area contributed by atoms with Gasteiger partial charge in [-0.25, -0.2) is 17.5 Å². The summed E-state index contributed by atoms with van der Waals surface area (Å²) in [4.78, 5) is 2.09. The first-order chi connectivity index (χ1) is 11.9. The molecule has 1 N–H and O–H groups in total. The molecule has 2 saturated heterocycles. The van der Waals surface area contributed by atoms with Crippen LogP contribution in [0.1, 0.15) is 25.7 Å². The molecular formula is C17H25FN2O4S. The van der Waals surface area contributed by atoms with Gasteiger partial charge in [-0.15, -0.1) is 0 Å². The minimum Gasteiger partial charge on any atom is -0.487 e. The number of hydrogen-bond acceptors (Lipinski definition) is 5. The van der Waals surface area contributed by atoms with E-state index in [0.29, 0.717) is 26.1 Å². The molecule has 0 spiro atoms. The van der Waals surface area contributed by atoms with Gasteiger partial charge in [0.15, 0.2) is 11.6 Å². The van der Waals surface area contributed by atoms with E-state index in [1.54, 1.807) is 0 Å². The fourth-order valence-corrected chi connectivity index (χ4v) is 4.45. The molecule has 0 aliphatic carbocycles. The summed E-state index contributed by atoms with van der Waals surface area (Å²) in [6.45, 7) is 2.89. The zero-order valence-corrected chi connectivity index (χ0v) is 15.2. The van der Waals surface area contributed by atoms with Crippen molar-refractivity contribution in [3.63, 3.8) is 0 Å². The summed E-state index contributed by atoms with van der Waals surface area (Å²) in [6, 6.07) is 3.72. The lowest BCUT2D eigenvalue weighted by Crippen LogP contribution is -2.43. The molecule has 8 heteroatoms. The van der Waals surface area contributed by atoms with Gasteiger partial charge in [0, 0.05) is 18.9 Å². The molecule has 2 aliphatic rings.